The first-order valence-electron chi connectivity index (χ1n) is 13.9. The fourth-order valence-corrected chi connectivity index (χ4v) is 5.81. The highest BCUT2D eigenvalue weighted by Crippen LogP contribution is 2.33. The van der Waals surface area contributed by atoms with Crippen LogP contribution in [-0.4, -0.2) is 21.4 Å². The van der Waals surface area contributed by atoms with Crippen molar-refractivity contribution < 1.29 is 65.9 Å². The van der Waals surface area contributed by atoms with Crippen LogP contribution in [0.2, 0.25) is 18.1 Å². The zero-order valence-electron chi connectivity index (χ0n) is 26.1. The van der Waals surface area contributed by atoms with Crippen LogP contribution in [0, 0.1) is 87.3 Å². The van der Waals surface area contributed by atoms with Crippen molar-refractivity contribution in [2.24, 2.45) is 0 Å². The van der Waals surface area contributed by atoms with Gasteiger partial charge in [0.15, 0.2) is 52.4 Å². The Bertz CT molecular complexity index is 1670. The molecule has 0 atom stereocenters. The fourth-order valence-electron chi connectivity index (χ4n) is 5.06. The van der Waals surface area contributed by atoms with Crippen LogP contribution in [0.15, 0.2) is 30.3 Å². The summed E-state index contributed by atoms with van der Waals surface area (Å²) in [6.07, 6.45) is -5.72. The first kappa shape index (κ1) is 39.5. The molecule has 0 unspecified atom stereocenters. The van der Waals surface area contributed by atoms with Crippen LogP contribution in [-0.2, 0) is 0 Å². The molecule has 0 radical (unpaired) electrons. The minimum atomic E-state index is -5.72. The lowest BCUT2D eigenvalue weighted by atomic mass is 9.12. The van der Waals surface area contributed by atoms with Gasteiger partial charge in [0.25, 0.3) is 0 Å². The highest BCUT2D eigenvalue weighted by Gasteiger charge is 2.48. The zero-order chi connectivity index (χ0) is 37.7. The van der Waals surface area contributed by atoms with Gasteiger partial charge >= 0.3 is 0 Å². The molecule has 4 aromatic rings. The van der Waals surface area contributed by atoms with Crippen LogP contribution >= 0.6 is 0 Å². The van der Waals surface area contributed by atoms with Crippen molar-refractivity contribution in [1.82, 2.24) is 4.98 Å². The van der Waals surface area contributed by atoms with Gasteiger partial charge in [0, 0.05) is 0 Å². The number of halogens is 15. The molecule has 0 saturated heterocycles. The molecule has 266 valence electrons. The van der Waals surface area contributed by atoms with E-state index in [0.717, 1.165) is 18.2 Å². The van der Waals surface area contributed by atoms with Crippen LogP contribution in [0.25, 0.3) is 0 Å². The van der Waals surface area contributed by atoms with E-state index in [-0.39, 0.29) is 0 Å². The molecule has 0 amide bonds. The van der Waals surface area contributed by atoms with E-state index in [2.05, 4.69) is 45.9 Å². The van der Waals surface area contributed by atoms with E-state index < -0.39 is 123 Å². The summed E-state index contributed by atoms with van der Waals surface area (Å²) in [5.74, 6) is -45.5. The average Bonchev–Trinajstić information content (AvgIpc) is 3.06. The number of benzene rings is 4. The Labute approximate surface area is 270 Å². The standard InChI is InChI=1S/C24H5BF15.C7H19NSi/c26-10-7(11(27)17(33)22(38)16(10)32)25(6-4-2-1-3-5-6,8-12(28)18(34)23(39)19(35)13(8)29)9-14(30)20(36)24(40)21(37)15(9)31;1-7(2,3)9(5,6)8-4/h1-5H;8H,1-6H3/q-1;. The summed E-state index contributed by atoms with van der Waals surface area (Å²) >= 11 is 0. The Hall–Kier alpha value is -3.93. The summed E-state index contributed by atoms with van der Waals surface area (Å²) in [6, 6.07) is 3.24. The zero-order valence-corrected chi connectivity index (χ0v) is 27.1. The highest BCUT2D eigenvalue weighted by atomic mass is 28.3. The molecule has 4 aromatic carbocycles. The fraction of sp³-hybridized carbons (Fsp3) is 0.226. The van der Waals surface area contributed by atoms with Gasteiger partial charge in [-0.1, -0.05) is 64.2 Å². The van der Waals surface area contributed by atoms with Gasteiger partial charge in [-0.25, -0.2) is 65.9 Å². The molecule has 0 spiro atoms. The molecule has 49 heavy (non-hydrogen) atoms. The summed E-state index contributed by atoms with van der Waals surface area (Å²) < 4.78 is 220. The van der Waals surface area contributed by atoms with Gasteiger partial charge in [0.2, 0.25) is 0 Å². The van der Waals surface area contributed by atoms with E-state index in [1.165, 1.54) is 0 Å². The van der Waals surface area contributed by atoms with Crippen molar-refractivity contribution in [3.05, 3.63) is 118 Å². The van der Waals surface area contributed by atoms with Gasteiger partial charge in [-0.3, -0.25) is 0 Å². The predicted molar refractivity (Wildman–Crippen MR) is 156 cm³/mol. The van der Waals surface area contributed by atoms with E-state index in [1.807, 2.05) is 0 Å². The summed E-state index contributed by atoms with van der Waals surface area (Å²) in [4.78, 5) is 3.42. The molecule has 0 bridgehead atoms. The predicted octanol–water partition coefficient (Wildman–Crippen LogP) is 7.36. The number of hydrogen-bond acceptors (Lipinski definition) is 1. The highest BCUT2D eigenvalue weighted by molar-refractivity contribution is 7.20. The van der Waals surface area contributed by atoms with Crippen molar-refractivity contribution in [3.63, 3.8) is 0 Å². The molecular weight excluding hydrogens is 710 g/mol. The Kier molecular flexibility index (Phi) is 11.1. The average molecular weight is 734 g/mol. The lowest BCUT2D eigenvalue weighted by Gasteiger charge is -2.44. The van der Waals surface area contributed by atoms with Gasteiger partial charge in [-0.05, 0) is 12.1 Å². The second kappa shape index (κ2) is 13.8. The quantitative estimate of drug-likeness (QED) is 0.0979. The topological polar surface area (TPSA) is 12.0 Å². The van der Waals surface area contributed by atoms with E-state index in [0.29, 0.717) is 17.2 Å². The van der Waals surface area contributed by atoms with Gasteiger partial charge in [0.1, 0.15) is 49.3 Å². The van der Waals surface area contributed by atoms with Crippen molar-refractivity contribution in [2.75, 3.05) is 7.05 Å². The van der Waals surface area contributed by atoms with Crippen molar-refractivity contribution in [1.29, 1.82) is 0 Å². The van der Waals surface area contributed by atoms with E-state index in [1.54, 1.807) is 0 Å². The number of nitrogens with one attached hydrogen (secondary N) is 1. The van der Waals surface area contributed by atoms with Gasteiger partial charge in [-0.2, -0.15) is 5.46 Å². The minimum absolute atomic E-state index is 0.397. The third-order valence-electron chi connectivity index (χ3n) is 8.83. The maximum Gasteiger partial charge on any atom is 0.200 e. The maximum absolute atomic E-state index is 15.3. The molecule has 0 saturated carbocycles. The van der Waals surface area contributed by atoms with Gasteiger partial charge in [0.05, 0.1) is 0 Å². The summed E-state index contributed by atoms with van der Waals surface area (Å²) in [7, 11) is 0.938. The second-order valence-corrected chi connectivity index (χ2v) is 17.6. The lowest BCUT2D eigenvalue weighted by molar-refractivity contribution is 0.380. The smallest absolute Gasteiger partial charge is 0.200 e. The van der Waals surface area contributed by atoms with E-state index in [4.69, 9.17) is 0 Å². The van der Waals surface area contributed by atoms with Crippen molar-refractivity contribution in [3.8, 4) is 0 Å². The summed E-state index contributed by atoms with van der Waals surface area (Å²) in [5.41, 5.74) is -9.41. The summed E-state index contributed by atoms with van der Waals surface area (Å²) in [5, 5.41) is 0.474. The number of rotatable bonds is 5. The van der Waals surface area contributed by atoms with Crippen LogP contribution in [0.1, 0.15) is 20.8 Å². The normalized spacial score (nSPS) is 12.3. The monoisotopic (exact) mass is 734 g/mol. The van der Waals surface area contributed by atoms with Crippen LogP contribution in [0.3, 0.4) is 0 Å². The first-order chi connectivity index (χ1) is 22.4. The number of hydrogen-bond donors (Lipinski definition) is 1. The SMILES string of the molecule is CN[Si](C)(C)C(C)(C)C.Fc1c(F)c(F)c([B-](c2ccccc2)(c2c(F)c(F)c(F)c(F)c2F)c2c(F)c(F)c(F)c(F)c2F)c(F)c1F. The third-order valence-corrected chi connectivity index (χ3v) is 13.8. The summed E-state index contributed by atoms with van der Waals surface area (Å²) in [6.45, 7) is 11.6. The molecule has 0 aromatic heterocycles. The van der Waals surface area contributed by atoms with E-state index >= 15 is 26.3 Å². The Morgan fingerprint density at radius 3 is 0.837 bits per heavy atom. The molecule has 1 N–H and O–H groups in total. The van der Waals surface area contributed by atoms with Gasteiger partial charge < -0.3 is 4.98 Å². The van der Waals surface area contributed by atoms with Crippen molar-refractivity contribution in [2.45, 2.75) is 38.9 Å². The minimum Gasteiger partial charge on any atom is -0.340 e. The maximum atomic E-state index is 15.3. The Balaban J connectivity index is 0.000000635. The largest absolute Gasteiger partial charge is 0.340 e. The van der Waals surface area contributed by atoms with Crippen LogP contribution < -0.4 is 26.8 Å². The lowest BCUT2D eigenvalue weighted by Crippen LogP contribution is -2.79. The van der Waals surface area contributed by atoms with Crippen molar-refractivity contribution >= 4 is 36.2 Å². The molecule has 0 aliphatic carbocycles. The molecule has 0 heterocycles. The molecule has 0 fully saturated rings. The molecule has 1 nitrogen and oxygen atoms in total. The van der Waals surface area contributed by atoms with E-state index in [9.17, 15) is 39.5 Å². The first-order valence-corrected chi connectivity index (χ1v) is 16.9. The molecule has 4 rings (SSSR count). The third kappa shape index (κ3) is 6.21. The Morgan fingerprint density at radius 1 is 0.429 bits per heavy atom. The van der Waals surface area contributed by atoms with Crippen LogP contribution in [0.4, 0.5) is 65.9 Å². The van der Waals surface area contributed by atoms with Gasteiger partial charge in [-0.15, -0.1) is 16.4 Å². The molecule has 0 aliphatic heterocycles. The molecule has 18 heteroatoms. The molecule has 0 aliphatic rings. The Morgan fingerprint density at radius 2 is 0.653 bits per heavy atom. The molecular formula is C31H24BF15NSi-. The second-order valence-electron chi connectivity index (χ2n) is 12.4. The van der Waals surface area contributed by atoms with Crippen LogP contribution in [0.5, 0.6) is 0 Å².